The summed E-state index contributed by atoms with van der Waals surface area (Å²) >= 11 is 17.0. The van der Waals surface area contributed by atoms with E-state index in [0.717, 1.165) is 0 Å². The maximum absolute atomic E-state index is 10.7. The van der Waals surface area contributed by atoms with Crippen LogP contribution in [0, 0.1) is 0 Å². The number of carboxylic acid groups (broad SMARTS) is 1. The van der Waals surface area contributed by atoms with Gasteiger partial charge in [-0.05, 0) is 6.42 Å². The molecule has 0 unspecified atom stereocenters. The smallest absolute Gasteiger partial charge is 0.405 e. The minimum absolute atomic E-state index is 0.0602. The van der Waals surface area contributed by atoms with Crippen LogP contribution in [0.15, 0.2) is 12.2 Å². The second-order valence-electron chi connectivity index (χ2n) is 3.53. The Morgan fingerprint density at radius 1 is 1.69 bits per heavy atom. The van der Waals surface area contributed by atoms with Crippen molar-refractivity contribution in [3.63, 3.8) is 0 Å². The van der Waals surface area contributed by atoms with E-state index >= 15 is 0 Å². The summed E-state index contributed by atoms with van der Waals surface area (Å²) in [5.41, 5.74) is -1.11. The molecule has 1 rings (SSSR count). The molecule has 0 aromatic heterocycles. The van der Waals surface area contributed by atoms with E-state index in [1.807, 2.05) is 0 Å². The number of hydrogen-bond donors (Lipinski definition) is 3. The molecule has 4 N–H and O–H groups in total. The zero-order chi connectivity index (χ0) is 12.4. The van der Waals surface area contributed by atoms with Crippen LogP contribution in [0.25, 0.3) is 0 Å². The van der Waals surface area contributed by atoms with E-state index in [1.165, 1.54) is 0 Å². The Kier molecular flexibility index (Phi) is 4.31. The topological polar surface area (TPSA) is 84.6 Å². The van der Waals surface area contributed by atoms with E-state index in [9.17, 15) is 4.79 Å². The molecule has 0 radical (unpaired) electrons. The van der Waals surface area contributed by atoms with Gasteiger partial charge in [0.2, 0.25) is 0 Å². The first-order valence-corrected chi connectivity index (χ1v) is 5.53. The third kappa shape index (κ3) is 3.40. The van der Waals surface area contributed by atoms with Crippen molar-refractivity contribution < 1.29 is 14.7 Å². The summed E-state index contributed by atoms with van der Waals surface area (Å²) in [6, 6.07) is 0. The zero-order valence-corrected chi connectivity index (χ0v) is 10.4. The highest BCUT2D eigenvalue weighted by Gasteiger charge is 2.46. The van der Waals surface area contributed by atoms with Gasteiger partial charge in [0.15, 0.2) is 3.79 Å². The van der Waals surface area contributed by atoms with Crippen molar-refractivity contribution in [3.05, 3.63) is 12.2 Å². The number of carbonyl (C=O) groups is 1. The first kappa shape index (κ1) is 13.9. The van der Waals surface area contributed by atoms with Crippen LogP contribution in [0.4, 0.5) is 4.79 Å². The summed E-state index contributed by atoms with van der Waals surface area (Å²) < 4.78 is -1.60. The fraction of sp³-hybridized carbons (Fsp3) is 0.625. The highest BCUT2D eigenvalue weighted by atomic mass is 35.6. The summed E-state index contributed by atoms with van der Waals surface area (Å²) in [7, 11) is 0. The van der Waals surface area contributed by atoms with Crippen LogP contribution < -0.4 is 11.2 Å². The van der Waals surface area contributed by atoms with Gasteiger partial charge in [0.05, 0.1) is 5.54 Å². The molecule has 0 fully saturated rings. The van der Waals surface area contributed by atoms with Crippen molar-refractivity contribution in [2.24, 2.45) is 5.90 Å². The predicted octanol–water partition coefficient (Wildman–Crippen LogP) is 1.97. The largest absolute Gasteiger partial charge is 0.465 e. The fourth-order valence-corrected chi connectivity index (χ4v) is 2.43. The molecule has 0 heterocycles. The van der Waals surface area contributed by atoms with Gasteiger partial charge in [-0.3, -0.25) is 4.84 Å². The average Bonchev–Trinajstić information content (AvgIpc) is 2.42. The lowest BCUT2D eigenvalue weighted by Crippen LogP contribution is -2.56. The lowest BCUT2D eigenvalue weighted by molar-refractivity contribution is 0.00812. The molecule has 0 saturated heterocycles. The average molecular weight is 290 g/mol. The Morgan fingerprint density at radius 3 is 2.75 bits per heavy atom. The van der Waals surface area contributed by atoms with Gasteiger partial charge in [-0.25, -0.2) is 10.7 Å². The number of rotatable bonds is 3. The molecular formula is C8H11Cl3N2O3. The van der Waals surface area contributed by atoms with Gasteiger partial charge in [-0.2, -0.15) is 0 Å². The monoisotopic (exact) mass is 288 g/mol. The maximum Gasteiger partial charge on any atom is 0.405 e. The Balaban J connectivity index is 2.92. The number of halogens is 3. The fourth-order valence-electron chi connectivity index (χ4n) is 1.77. The lowest BCUT2D eigenvalue weighted by atomic mass is 9.92. The van der Waals surface area contributed by atoms with Crippen LogP contribution in [-0.2, 0) is 4.84 Å². The minimum Gasteiger partial charge on any atom is -0.465 e. The predicted molar refractivity (Wildman–Crippen MR) is 61.6 cm³/mol. The molecule has 8 heteroatoms. The third-order valence-corrected chi connectivity index (χ3v) is 2.74. The van der Waals surface area contributed by atoms with E-state index < -0.39 is 21.5 Å². The second-order valence-corrected chi connectivity index (χ2v) is 6.04. The van der Waals surface area contributed by atoms with Crippen LogP contribution in [0.1, 0.15) is 12.8 Å². The Hall–Kier alpha value is -0.200. The standard InChI is InChI=1S/C8H11Cl3N2O3/c9-8(10,11)4-7(13-6(14)15)3-1-2-5(7)16-12/h1,3,5,13H,2,4,12H2,(H,14,15)/t5-,7-/m0/s1. The van der Waals surface area contributed by atoms with Gasteiger partial charge in [-0.1, -0.05) is 47.0 Å². The van der Waals surface area contributed by atoms with Gasteiger partial charge in [0.25, 0.3) is 0 Å². The highest BCUT2D eigenvalue weighted by Crippen LogP contribution is 2.40. The van der Waals surface area contributed by atoms with Crippen LogP contribution in [0.5, 0.6) is 0 Å². The first-order chi connectivity index (χ1) is 7.29. The van der Waals surface area contributed by atoms with Crippen LogP contribution in [0.2, 0.25) is 0 Å². The zero-order valence-electron chi connectivity index (χ0n) is 8.12. The number of nitrogens with two attached hydrogens (primary N) is 1. The van der Waals surface area contributed by atoms with Gasteiger partial charge >= 0.3 is 6.09 Å². The molecular weight excluding hydrogens is 278 g/mol. The number of amides is 1. The van der Waals surface area contributed by atoms with Crippen molar-refractivity contribution in [1.29, 1.82) is 0 Å². The molecule has 1 amide bonds. The molecule has 5 nitrogen and oxygen atoms in total. The molecule has 0 bridgehead atoms. The molecule has 0 spiro atoms. The SMILES string of the molecule is NO[C@H]1CC=C[C@@]1(CC(Cl)(Cl)Cl)NC(=O)O. The normalized spacial score (nSPS) is 29.4. The van der Waals surface area contributed by atoms with Gasteiger partial charge < -0.3 is 10.4 Å². The maximum atomic E-state index is 10.7. The molecule has 1 aliphatic rings. The van der Waals surface area contributed by atoms with E-state index in [0.29, 0.717) is 6.42 Å². The van der Waals surface area contributed by atoms with Crippen molar-refractivity contribution in [3.8, 4) is 0 Å². The van der Waals surface area contributed by atoms with E-state index in [2.05, 4.69) is 5.32 Å². The number of hydrogen-bond acceptors (Lipinski definition) is 3. The summed E-state index contributed by atoms with van der Waals surface area (Å²) in [4.78, 5) is 15.4. The molecule has 0 aromatic rings. The number of nitrogens with one attached hydrogen (secondary N) is 1. The molecule has 92 valence electrons. The third-order valence-electron chi connectivity index (χ3n) is 2.34. The molecule has 16 heavy (non-hydrogen) atoms. The van der Waals surface area contributed by atoms with Crippen molar-refractivity contribution in [2.75, 3.05) is 0 Å². The van der Waals surface area contributed by atoms with E-state index in [4.69, 9.17) is 50.6 Å². The van der Waals surface area contributed by atoms with E-state index in [1.54, 1.807) is 12.2 Å². The van der Waals surface area contributed by atoms with Crippen LogP contribution in [-0.4, -0.2) is 26.6 Å². The van der Waals surface area contributed by atoms with Crippen molar-refractivity contribution in [2.45, 2.75) is 28.3 Å². The quantitative estimate of drug-likeness (QED) is 0.421. The molecule has 0 saturated carbocycles. The summed E-state index contributed by atoms with van der Waals surface area (Å²) in [5, 5.41) is 11.1. The van der Waals surface area contributed by atoms with Crippen LogP contribution in [0.3, 0.4) is 0 Å². The highest BCUT2D eigenvalue weighted by molar-refractivity contribution is 6.67. The first-order valence-electron chi connectivity index (χ1n) is 4.40. The molecule has 1 aliphatic carbocycles. The Bertz CT molecular complexity index is 305. The van der Waals surface area contributed by atoms with Gasteiger partial charge in [-0.15, -0.1) is 0 Å². The van der Waals surface area contributed by atoms with Gasteiger partial charge in [0.1, 0.15) is 6.10 Å². The second kappa shape index (κ2) is 4.98. The summed E-state index contributed by atoms with van der Waals surface area (Å²) in [5.74, 6) is 5.10. The van der Waals surface area contributed by atoms with Crippen molar-refractivity contribution >= 4 is 40.9 Å². The Labute approximate surface area is 107 Å². The van der Waals surface area contributed by atoms with Gasteiger partial charge in [0, 0.05) is 6.42 Å². The van der Waals surface area contributed by atoms with E-state index in [-0.39, 0.29) is 6.42 Å². The molecule has 0 aromatic carbocycles. The summed E-state index contributed by atoms with van der Waals surface area (Å²) in [6.45, 7) is 0. The molecule has 2 atom stereocenters. The van der Waals surface area contributed by atoms with Crippen LogP contribution >= 0.6 is 34.8 Å². The number of alkyl halides is 3. The Morgan fingerprint density at radius 2 is 2.31 bits per heavy atom. The summed E-state index contributed by atoms with van der Waals surface area (Å²) in [6.07, 6.45) is 1.90. The minimum atomic E-state index is -1.60. The molecule has 0 aliphatic heterocycles. The van der Waals surface area contributed by atoms with Crippen molar-refractivity contribution in [1.82, 2.24) is 5.32 Å². The lowest BCUT2D eigenvalue weighted by Gasteiger charge is -2.35.